The Labute approximate surface area is 85.5 Å². The number of amides is 1. The monoisotopic (exact) mass is 200 g/mol. The fourth-order valence-electron chi connectivity index (χ4n) is 2.03. The minimum Gasteiger partial charge on any atom is -0.394 e. The highest BCUT2D eigenvalue weighted by Crippen LogP contribution is 2.15. The number of piperazine rings is 1. The SMILES string of the molecule is CCCN1C(=O)C(CO)N(C)CC1C. The van der Waals surface area contributed by atoms with Crippen LogP contribution in [0.3, 0.4) is 0 Å². The van der Waals surface area contributed by atoms with E-state index in [0.29, 0.717) is 0 Å². The van der Waals surface area contributed by atoms with Crippen LogP contribution in [0.5, 0.6) is 0 Å². The number of carbonyl (C=O) groups excluding carboxylic acids is 1. The van der Waals surface area contributed by atoms with Crippen molar-refractivity contribution in [1.29, 1.82) is 0 Å². The summed E-state index contributed by atoms with van der Waals surface area (Å²) in [6, 6.07) is -0.0759. The van der Waals surface area contributed by atoms with E-state index >= 15 is 0 Å². The van der Waals surface area contributed by atoms with E-state index < -0.39 is 0 Å². The molecule has 4 heteroatoms. The maximum Gasteiger partial charge on any atom is 0.242 e. The average molecular weight is 200 g/mol. The fraction of sp³-hybridized carbons (Fsp3) is 0.900. The van der Waals surface area contributed by atoms with Gasteiger partial charge in [0.2, 0.25) is 5.91 Å². The van der Waals surface area contributed by atoms with Crippen LogP contribution in [0.1, 0.15) is 20.3 Å². The number of aliphatic hydroxyl groups is 1. The summed E-state index contributed by atoms with van der Waals surface area (Å²) in [6.07, 6.45) is 0.970. The van der Waals surface area contributed by atoms with Crippen molar-refractivity contribution in [3.8, 4) is 0 Å². The molecule has 0 bridgehead atoms. The molecule has 1 fully saturated rings. The molecule has 1 aliphatic rings. The highest BCUT2D eigenvalue weighted by atomic mass is 16.3. The molecule has 0 aromatic carbocycles. The normalized spacial score (nSPS) is 29.7. The van der Waals surface area contributed by atoms with Crippen LogP contribution in [0.25, 0.3) is 0 Å². The second-order valence-electron chi connectivity index (χ2n) is 4.02. The van der Waals surface area contributed by atoms with Crippen molar-refractivity contribution in [3.05, 3.63) is 0 Å². The van der Waals surface area contributed by atoms with Crippen molar-refractivity contribution in [2.24, 2.45) is 0 Å². The van der Waals surface area contributed by atoms with Crippen molar-refractivity contribution in [2.75, 3.05) is 26.7 Å². The van der Waals surface area contributed by atoms with Crippen LogP contribution in [0.4, 0.5) is 0 Å². The number of hydrogen-bond acceptors (Lipinski definition) is 3. The van der Waals surface area contributed by atoms with Gasteiger partial charge >= 0.3 is 0 Å². The molecular weight excluding hydrogens is 180 g/mol. The predicted molar refractivity (Wildman–Crippen MR) is 55.0 cm³/mol. The molecule has 1 N–H and O–H groups in total. The number of hydrogen-bond donors (Lipinski definition) is 1. The Balaban J connectivity index is 2.72. The Morgan fingerprint density at radius 1 is 1.57 bits per heavy atom. The number of nitrogens with zero attached hydrogens (tertiary/aromatic N) is 2. The fourth-order valence-corrected chi connectivity index (χ4v) is 2.03. The number of aliphatic hydroxyl groups excluding tert-OH is 1. The quantitative estimate of drug-likeness (QED) is 0.693. The molecule has 0 saturated carbocycles. The molecule has 1 heterocycles. The molecule has 14 heavy (non-hydrogen) atoms. The van der Waals surface area contributed by atoms with Crippen LogP contribution < -0.4 is 0 Å². The van der Waals surface area contributed by atoms with E-state index in [1.807, 2.05) is 16.8 Å². The highest BCUT2D eigenvalue weighted by molar-refractivity contribution is 5.83. The van der Waals surface area contributed by atoms with Crippen molar-refractivity contribution in [3.63, 3.8) is 0 Å². The van der Waals surface area contributed by atoms with E-state index in [1.54, 1.807) is 0 Å². The second-order valence-corrected chi connectivity index (χ2v) is 4.02. The third-order valence-corrected chi connectivity index (χ3v) is 2.82. The molecule has 1 aliphatic heterocycles. The topological polar surface area (TPSA) is 43.8 Å². The van der Waals surface area contributed by atoms with E-state index in [0.717, 1.165) is 19.5 Å². The Hall–Kier alpha value is -0.610. The van der Waals surface area contributed by atoms with Crippen molar-refractivity contribution < 1.29 is 9.90 Å². The number of rotatable bonds is 3. The van der Waals surface area contributed by atoms with E-state index in [2.05, 4.69) is 13.8 Å². The van der Waals surface area contributed by atoms with Gasteiger partial charge in [-0.05, 0) is 20.4 Å². The van der Waals surface area contributed by atoms with E-state index in [1.165, 1.54) is 0 Å². The molecule has 0 aromatic heterocycles. The first-order valence-electron chi connectivity index (χ1n) is 5.23. The van der Waals surface area contributed by atoms with E-state index in [4.69, 9.17) is 5.11 Å². The first kappa shape index (κ1) is 11.5. The summed E-state index contributed by atoms with van der Waals surface area (Å²) in [5, 5.41) is 9.11. The summed E-state index contributed by atoms with van der Waals surface area (Å²) in [4.78, 5) is 15.7. The van der Waals surface area contributed by atoms with Gasteiger partial charge in [-0.3, -0.25) is 9.69 Å². The Bertz CT molecular complexity index is 208. The van der Waals surface area contributed by atoms with Gasteiger partial charge in [0.05, 0.1) is 6.61 Å². The van der Waals surface area contributed by atoms with Gasteiger partial charge in [-0.2, -0.15) is 0 Å². The Morgan fingerprint density at radius 2 is 2.21 bits per heavy atom. The molecule has 0 aromatic rings. The van der Waals surface area contributed by atoms with E-state index in [-0.39, 0.29) is 24.6 Å². The molecular formula is C10H20N2O2. The average Bonchev–Trinajstić information content (AvgIpc) is 2.12. The molecule has 0 spiro atoms. The van der Waals surface area contributed by atoms with Crippen molar-refractivity contribution >= 4 is 5.91 Å². The van der Waals surface area contributed by atoms with E-state index in [9.17, 15) is 4.79 Å². The van der Waals surface area contributed by atoms with Crippen molar-refractivity contribution in [1.82, 2.24) is 9.80 Å². The minimum atomic E-state index is -0.335. The largest absolute Gasteiger partial charge is 0.394 e. The molecule has 0 radical (unpaired) electrons. The molecule has 0 aliphatic carbocycles. The summed E-state index contributed by atoms with van der Waals surface area (Å²) < 4.78 is 0. The standard InChI is InChI=1S/C10H20N2O2/c1-4-5-12-8(2)6-11(3)9(7-13)10(12)14/h8-9,13H,4-7H2,1-3H3. The van der Waals surface area contributed by atoms with Gasteiger partial charge in [0.25, 0.3) is 0 Å². The van der Waals surface area contributed by atoms with Crippen LogP contribution in [0, 0.1) is 0 Å². The van der Waals surface area contributed by atoms with Crippen LogP contribution >= 0.6 is 0 Å². The molecule has 2 atom stereocenters. The molecule has 1 amide bonds. The van der Waals surface area contributed by atoms with Gasteiger partial charge in [0.1, 0.15) is 6.04 Å². The lowest BCUT2D eigenvalue weighted by atomic mass is 10.1. The number of carbonyl (C=O) groups is 1. The lowest BCUT2D eigenvalue weighted by Crippen LogP contribution is -2.60. The summed E-state index contributed by atoms with van der Waals surface area (Å²) in [5.74, 6) is 0.0654. The van der Waals surface area contributed by atoms with Crippen LogP contribution in [0.15, 0.2) is 0 Å². The molecule has 4 nitrogen and oxygen atoms in total. The molecule has 1 rings (SSSR count). The zero-order valence-corrected chi connectivity index (χ0v) is 9.23. The smallest absolute Gasteiger partial charge is 0.242 e. The molecule has 82 valence electrons. The Kier molecular flexibility index (Phi) is 3.89. The van der Waals surface area contributed by atoms with Gasteiger partial charge < -0.3 is 10.0 Å². The summed E-state index contributed by atoms with van der Waals surface area (Å²) in [5.41, 5.74) is 0. The summed E-state index contributed by atoms with van der Waals surface area (Å²) in [6.45, 7) is 5.67. The van der Waals surface area contributed by atoms with Gasteiger partial charge in [-0.15, -0.1) is 0 Å². The van der Waals surface area contributed by atoms with Gasteiger partial charge in [0.15, 0.2) is 0 Å². The minimum absolute atomic E-state index is 0.0654. The van der Waals surface area contributed by atoms with Gasteiger partial charge in [-0.1, -0.05) is 6.92 Å². The zero-order chi connectivity index (χ0) is 10.7. The van der Waals surface area contributed by atoms with Crippen LogP contribution in [0.2, 0.25) is 0 Å². The van der Waals surface area contributed by atoms with Gasteiger partial charge in [-0.25, -0.2) is 0 Å². The summed E-state index contributed by atoms with van der Waals surface area (Å²) >= 11 is 0. The Morgan fingerprint density at radius 3 is 2.71 bits per heavy atom. The zero-order valence-electron chi connectivity index (χ0n) is 9.23. The maximum absolute atomic E-state index is 11.9. The molecule has 1 saturated heterocycles. The lowest BCUT2D eigenvalue weighted by molar-refractivity contribution is -0.146. The third kappa shape index (κ3) is 2.07. The first-order valence-corrected chi connectivity index (χ1v) is 5.23. The molecule has 2 unspecified atom stereocenters. The van der Waals surface area contributed by atoms with Crippen LogP contribution in [-0.2, 0) is 4.79 Å². The number of likely N-dealkylation sites (N-methyl/N-ethyl adjacent to an activating group) is 1. The first-order chi connectivity index (χ1) is 6.61. The highest BCUT2D eigenvalue weighted by Gasteiger charge is 2.35. The van der Waals surface area contributed by atoms with Crippen molar-refractivity contribution in [2.45, 2.75) is 32.4 Å². The van der Waals surface area contributed by atoms with Crippen LogP contribution in [-0.4, -0.2) is 59.6 Å². The van der Waals surface area contributed by atoms with Gasteiger partial charge in [0, 0.05) is 19.1 Å². The second kappa shape index (κ2) is 4.75. The summed E-state index contributed by atoms with van der Waals surface area (Å²) in [7, 11) is 1.89. The maximum atomic E-state index is 11.9. The lowest BCUT2D eigenvalue weighted by Gasteiger charge is -2.42. The predicted octanol–water partition coefficient (Wildman–Crippen LogP) is -0.0802. The third-order valence-electron chi connectivity index (χ3n) is 2.82.